The van der Waals surface area contributed by atoms with Crippen molar-refractivity contribution in [2.75, 3.05) is 20.3 Å². The molecule has 18 heavy (non-hydrogen) atoms. The summed E-state index contributed by atoms with van der Waals surface area (Å²) in [6.07, 6.45) is 3.44. The van der Waals surface area contributed by atoms with Crippen LogP contribution in [-0.2, 0) is 10.3 Å². The van der Waals surface area contributed by atoms with Gasteiger partial charge in [-0.25, -0.2) is 0 Å². The number of benzene rings is 1. The zero-order valence-corrected chi connectivity index (χ0v) is 10.6. The van der Waals surface area contributed by atoms with Crippen molar-refractivity contribution in [3.8, 4) is 11.5 Å². The van der Waals surface area contributed by atoms with Crippen molar-refractivity contribution in [1.82, 2.24) is 0 Å². The summed E-state index contributed by atoms with van der Waals surface area (Å²) in [6.45, 7) is 1.31. The Morgan fingerprint density at radius 2 is 2.06 bits per heavy atom. The second-order valence-electron chi connectivity index (χ2n) is 5.15. The number of nitrogens with two attached hydrogens (primary N) is 1. The number of methoxy groups -OCH3 is 1. The maximum Gasteiger partial charge on any atom is 0.162 e. The molecular weight excluding hydrogens is 230 g/mol. The Morgan fingerprint density at radius 1 is 1.28 bits per heavy atom. The highest BCUT2D eigenvalue weighted by Crippen LogP contribution is 2.42. The van der Waals surface area contributed by atoms with E-state index in [2.05, 4.69) is 0 Å². The van der Waals surface area contributed by atoms with Crippen LogP contribution in [-0.4, -0.2) is 26.4 Å². The molecule has 0 atom stereocenters. The highest BCUT2D eigenvalue weighted by Gasteiger charge is 2.35. The summed E-state index contributed by atoms with van der Waals surface area (Å²) in [5.74, 6) is 1.54. The van der Waals surface area contributed by atoms with E-state index in [1.165, 1.54) is 6.42 Å². The summed E-state index contributed by atoms with van der Waals surface area (Å²) >= 11 is 0. The van der Waals surface area contributed by atoms with Gasteiger partial charge in [0.05, 0.1) is 20.3 Å². The fourth-order valence-electron chi connectivity index (χ4n) is 2.39. The van der Waals surface area contributed by atoms with Gasteiger partial charge in [0, 0.05) is 5.54 Å². The van der Waals surface area contributed by atoms with Crippen LogP contribution in [0.1, 0.15) is 24.8 Å². The molecule has 1 aromatic rings. The predicted molar refractivity (Wildman–Crippen MR) is 67.9 cm³/mol. The molecule has 4 nitrogen and oxygen atoms in total. The normalized spacial score (nSPS) is 21.9. The number of hydrogen-bond acceptors (Lipinski definition) is 4. The molecule has 1 aromatic carbocycles. The molecule has 1 aliphatic carbocycles. The van der Waals surface area contributed by atoms with E-state index >= 15 is 0 Å². The first kappa shape index (κ1) is 11.8. The minimum atomic E-state index is -0.166. The van der Waals surface area contributed by atoms with E-state index in [0.29, 0.717) is 13.2 Å². The van der Waals surface area contributed by atoms with Crippen molar-refractivity contribution in [3.63, 3.8) is 0 Å². The lowest BCUT2D eigenvalue weighted by Crippen LogP contribution is -2.43. The molecule has 0 radical (unpaired) electrons. The van der Waals surface area contributed by atoms with Crippen molar-refractivity contribution in [1.29, 1.82) is 0 Å². The van der Waals surface area contributed by atoms with Crippen LogP contribution in [0.5, 0.6) is 11.5 Å². The number of rotatable bonds is 4. The Kier molecular flexibility index (Phi) is 2.92. The maximum absolute atomic E-state index is 6.34. The van der Waals surface area contributed by atoms with Gasteiger partial charge in [-0.15, -0.1) is 0 Å². The Labute approximate surface area is 107 Å². The fraction of sp³-hybridized carbons (Fsp3) is 0.571. The average Bonchev–Trinajstić information content (AvgIpc) is 2.30. The highest BCUT2D eigenvalue weighted by atomic mass is 16.6. The third kappa shape index (κ3) is 1.95. The van der Waals surface area contributed by atoms with Crippen molar-refractivity contribution in [2.45, 2.75) is 30.9 Å². The van der Waals surface area contributed by atoms with E-state index in [-0.39, 0.29) is 11.6 Å². The van der Waals surface area contributed by atoms with Crippen LogP contribution in [0.3, 0.4) is 0 Å². The van der Waals surface area contributed by atoms with Crippen molar-refractivity contribution in [3.05, 3.63) is 23.8 Å². The molecule has 2 N–H and O–H groups in total. The van der Waals surface area contributed by atoms with E-state index in [1.807, 2.05) is 18.2 Å². The van der Waals surface area contributed by atoms with Gasteiger partial charge in [0.25, 0.3) is 0 Å². The summed E-state index contributed by atoms with van der Waals surface area (Å²) in [6, 6.07) is 6.01. The van der Waals surface area contributed by atoms with Crippen molar-refractivity contribution >= 4 is 0 Å². The van der Waals surface area contributed by atoms with Gasteiger partial charge in [0.15, 0.2) is 11.5 Å². The SMILES string of the molecule is COc1ccc(C2(N)CCC2)cc1OC1COC1. The van der Waals surface area contributed by atoms with Crippen LogP contribution in [0.15, 0.2) is 18.2 Å². The largest absolute Gasteiger partial charge is 0.493 e. The molecule has 3 rings (SSSR count). The zero-order valence-electron chi connectivity index (χ0n) is 10.6. The van der Waals surface area contributed by atoms with Crippen LogP contribution in [0.2, 0.25) is 0 Å². The smallest absolute Gasteiger partial charge is 0.162 e. The second-order valence-corrected chi connectivity index (χ2v) is 5.15. The van der Waals surface area contributed by atoms with Crippen molar-refractivity contribution in [2.24, 2.45) is 5.73 Å². The summed E-state index contributed by atoms with van der Waals surface area (Å²) in [7, 11) is 1.65. The molecule has 0 bridgehead atoms. The molecule has 4 heteroatoms. The number of ether oxygens (including phenoxy) is 3. The number of hydrogen-bond donors (Lipinski definition) is 1. The first-order chi connectivity index (χ1) is 8.71. The van der Waals surface area contributed by atoms with Crippen molar-refractivity contribution < 1.29 is 14.2 Å². The van der Waals surface area contributed by atoms with E-state index in [1.54, 1.807) is 7.11 Å². The molecule has 2 aliphatic rings. The Balaban J connectivity index is 1.85. The molecule has 0 spiro atoms. The average molecular weight is 249 g/mol. The third-order valence-corrected chi connectivity index (χ3v) is 3.89. The van der Waals surface area contributed by atoms with Crippen LogP contribution < -0.4 is 15.2 Å². The lowest BCUT2D eigenvalue weighted by Gasteiger charge is -2.39. The lowest BCUT2D eigenvalue weighted by molar-refractivity contribution is -0.0804. The summed E-state index contributed by atoms with van der Waals surface area (Å²) in [5.41, 5.74) is 7.32. The van der Waals surface area contributed by atoms with Crippen LogP contribution >= 0.6 is 0 Å². The van der Waals surface area contributed by atoms with Crippen LogP contribution in [0.25, 0.3) is 0 Å². The van der Waals surface area contributed by atoms with Crippen LogP contribution in [0.4, 0.5) is 0 Å². The molecule has 2 fully saturated rings. The summed E-state index contributed by atoms with van der Waals surface area (Å²) < 4.78 is 16.3. The Morgan fingerprint density at radius 3 is 2.56 bits per heavy atom. The van der Waals surface area contributed by atoms with Crippen LogP contribution in [0, 0.1) is 0 Å². The Hall–Kier alpha value is -1.26. The van der Waals surface area contributed by atoms with Gasteiger partial charge in [0.2, 0.25) is 0 Å². The molecular formula is C14H19NO3. The summed E-state index contributed by atoms with van der Waals surface area (Å²) in [5, 5.41) is 0. The van der Waals surface area contributed by atoms with E-state index in [4.69, 9.17) is 19.9 Å². The van der Waals surface area contributed by atoms with Gasteiger partial charge in [-0.3, -0.25) is 0 Å². The zero-order chi connectivity index (χ0) is 12.6. The summed E-state index contributed by atoms with van der Waals surface area (Å²) in [4.78, 5) is 0. The lowest BCUT2D eigenvalue weighted by atomic mass is 9.73. The van der Waals surface area contributed by atoms with E-state index in [9.17, 15) is 0 Å². The molecule has 1 heterocycles. The standard InChI is InChI=1S/C14H19NO3/c1-16-12-4-3-10(14(15)5-2-6-14)7-13(12)18-11-8-17-9-11/h3-4,7,11H,2,5-6,8-9,15H2,1H3. The first-order valence-corrected chi connectivity index (χ1v) is 6.43. The maximum atomic E-state index is 6.34. The second kappa shape index (κ2) is 4.44. The van der Waals surface area contributed by atoms with E-state index < -0.39 is 0 Å². The molecule has 0 amide bonds. The molecule has 0 aromatic heterocycles. The highest BCUT2D eigenvalue weighted by molar-refractivity contribution is 5.45. The van der Waals surface area contributed by atoms with Gasteiger partial charge in [0.1, 0.15) is 6.10 Å². The molecule has 0 unspecified atom stereocenters. The fourth-order valence-corrected chi connectivity index (χ4v) is 2.39. The Bertz CT molecular complexity index is 439. The molecule has 1 saturated carbocycles. The quantitative estimate of drug-likeness (QED) is 0.884. The van der Waals surface area contributed by atoms with Gasteiger partial charge in [-0.05, 0) is 37.0 Å². The monoisotopic (exact) mass is 249 g/mol. The topological polar surface area (TPSA) is 53.7 Å². The van der Waals surface area contributed by atoms with E-state index in [0.717, 1.165) is 29.9 Å². The van der Waals surface area contributed by atoms with Gasteiger partial charge in [-0.2, -0.15) is 0 Å². The molecule has 1 saturated heterocycles. The minimum absolute atomic E-state index is 0.143. The van der Waals surface area contributed by atoms with Gasteiger partial charge >= 0.3 is 0 Å². The molecule has 98 valence electrons. The third-order valence-electron chi connectivity index (χ3n) is 3.89. The minimum Gasteiger partial charge on any atom is -0.493 e. The van der Waals surface area contributed by atoms with Gasteiger partial charge in [-0.1, -0.05) is 6.07 Å². The predicted octanol–water partition coefficient (Wildman–Crippen LogP) is 1.81. The first-order valence-electron chi connectivity index (χ1n) is 6.43. The van der Waals surface area contributed by atoms with Gasteiger partial charge < -0.3 is 19.9 Å². The molecule has 1 aliphatic heterocycles.